The summed E-state index contributed by atoms with van der Waals surface area (Å²) < 4.78 is 11.5. The van der Waals surface area contributed by atoms with Crippen molar-refractivity contribution >= 4 is 0 Å². The zero-order valence-electron chi connectivity index (χ0n) is 11.8. The van der Waals surface area contributed by atoms with Crippen molar-refractivity contribution in [2.45, 2.75) is 51.4 Å². The zero-order chi connectivity index (χ0) is 13.7. The molecule has 0 radical (unpaired) electrons. The monoisotopic (exact) mass is 264 g/mol. The second kappa shape index (κ2) is 6.89. The van der Waals surface area contributed by atoms with Crippen LogP contribution in [0.3, 0.4) is 0 Å². The summed E-state index contributed by atoms with van der Waals surface area (Å²) in [6, 6.07) is 8.15. The first-order valence-electron chi connectivity index (χ1n) is 7.09. The van der Waals surface area contributed by atoms with Crippen molar-refractivity contribution in [3.05, 3.63) is 29.8 Å². The van der Waals surface area contributed by atoms with Crippen LogP contribution in [0.15, 0.2) is 24.3 Å². The predicted octanol–water partition coefficient (Wildman–Crippen LogP) is 2.55. The highest BCUT2D eigenvalue weighted by atomic mass is 16.5. The van der Waals surface area contributed by atoms with Crippen molar-refractivity contribution in [2.24, 2.45) is 5.84 Å². The van der Waals surface area contributed by atoms with E-state index >= 15 is 0 Å². The SMILES string of the molecule is CCCOc1ccc(C(NN)C2CCC(C)O2)cc1. The van der Waals surface area contributed by atoms with E-state index in [1.54, 1.807) is 0 Å². The largest absolute Gasteiger partial charge is 0.494 e. The number of hydrogen-bond donors (Lipinski definition) is 2. The highest BCUT2D eigenvalue weighted by Gasteiger charge is 2.29. The van der Waals surface area contributed by atoms with Gasteiger partial charge in [-0.3, -0.25) is 11.3 Å². The number of rotatable bonds is 6. The van der Waals surface area contributed by atoms with Crippen molar-refractivity contribution in [3.8, 4) is 5.75 Å². The number of nitrogens with two attached hydrogens (primary N) is 1. The third kappa shape index (κ3) is 3.69. The summed E-state index contributed by atoms with van der Waals surface area (Å²) in [5, 5.41) is 0. The van der Waals surface area contributed by atoms with E-state index in [0.717, 1.165) is 37.2 Å². The molecule has 1 aliphatic heterocycles. The molecule has 3 N–H and O–H groups in total. The van der Waals surface area contributed by atoms with E-state index in [2.05, 4.69) is 31.4 Å². The minimum atomic E-state index is 0.0465. The average Bonchev–Trinajstić information content (AvgIpc) is 2.85. The third-order valence-electron chi connectivity index (χ3n) is 3.53. The molecule has 0 aromatic heterocycles. The number of benzene rings is 1. The van der Waals surface area contributed by atoms with Gasteiger partial charge in [0.1, 0.15) is 5.75 Å². The van der Waals surface area contributed by atoms with Crippen molar-refractivity contribution < 1.29 is 9.47 Å². The van der Waals surface area contributed by atoms with E-state index in [-0.39, 0.29) is 12.1 Å². The molecule has 2 rings (SSSR count). The standard InChI is InChI=1S/C15H24N2O2/c1-3-10-18-13-7-5-12(6-8-13)15(17-16)14-9-4-11(2)19-14/h5-8,11,14-15,17H,3-4,9-10,16H2,1-2H3. The Bertz CT molecular complexity index is 380. The molecule has 19 heavy (non-hydrogen) atoms. The Morgan fingerprint density at radius 1 is 1.37 bits per heavy atom. The molecule has 3 atom stereocenters. The number of hydrazine groups is 1. The molecule has 4 nitrogen and oxygen atoms in total. The van der Waals surface area contributed by atoms with Gasteiger partial charge >= 0.3 is 0 Å². The predicted molar refractivity (Wildman–Crippen MR) is 75.9 cm³/mol. The zero-order valence-corrected chi connectivity index (χ0v) is 11.8. The summed E-state index contributed by atoms with van der Waals surface area (Å²) in [4.78, 5) is 0. The molecule has 0 saturated carbocycles. The first-order chi connectivity index (χ1) is 9.24. The number of nitrogens with one attached hydrogen (secondary N) is 1. The molecule has 1 fully saturated rings. The second-order valence-electron chi connectivity index (χ2n) is 5.12. The van der Waals surface area contributed by atoms with Gasteiger partial charge in [0.25, 0.3) is 0 Å². The van der Waals surface area contributed by atoms with Crippen LogP contribution >= 0.6 is 0 Å². The Kier molecular flexibility index (Phi) is 5.19. The summed E-state index contributed by atoms with van der Waals surface area (Å²) in [6.45, 7) is 4.96. The molecule has 1 aromatic carbocycles. The Morgan fingerprint density at radius 3 is 2.63 bits per heavy atom. The molecule has 0 bridgehead atoms. The second-order valence-corrected chi connectivity index (χ2v) is 5.12. The topological polar surface area (TPSA) is 56.5 Å². The first kappa shape index (κ1) is 14.3. The van der Waals surface area contributed by atoms with Crippen LogP contribution in [-0.4, -0.2) is 18.8 Å². The van der Waals surface area contributed by atoms with Crippen LogP contribution in [0.25, 0.3) is 0 Å². The third-order valence-corrected chi connectivity index (χ3v) is 3.53. The summed E-state index contributed by atoms with van der Waals surface area (Å²) in [5.41, 5.74) is 4.02. The van der Waals surface area contributed by atoms with Gasteiger partial charge in [-0.05, 0) is 43.9 Å². The van der Waals surface area contributed by atoms with Crippen molar-refractivity contribution in [2.75, 3.05) is 6.61 Å². The van der Waals surface area contributed by atoms with Crippen LogP contribution in [0.4, 0.5) is 0 Å². The van der Waals surface area contributed by atoms with Crippen LogP contribution in [0.1, 0.15) is 44.7 Å². The van der Waals surface area contributed by atoms with Crippen LogP contribution in [0, 0.1) is 0 Å². The highest BCUT2D eigenvalue weighted by molar-refractivity contribution is 5.29. The van der Waals surface area contributed by atoms with Gasteiger partial charge in [-0.15, -0.1) is 0 Å². The van der Waals surface area contributed by atoms with Crippen LogP contribution in [-0.2, 0) is 4.74 Å². The first-order valence-corrected chi connectivity index (χ1v) is 7.09. The molecule has 4 heteroatoms. The molecular weight excluding hydrogens is 240 g/mol. The van der Waals surface area contributed by atoms with Gasteiger partial charge in [-0.1, -0.05) is 19.1 Å². The highest BCUT2D eigenvalue weighted by Crippen LogP contribution is 2.30. The maximum absolute atomic E-state index is 5.89. The van der Waals surface area contributed by atoms with E-state index in [0.29, 0.717) is 6.10 Å². The minimum absolute atomic E-state index is 0.0465. The van der Waals surface area contributed by atoms with Gasteiger partial charge in [0.15, 0.2) is 0 Å². The molecule has 1 heterocycles. The van der Waals surface area contributed by atoms with E-state index in [1.165, 1.54) is 0 Å². The van der Waals surface area contributed by atoms with Crippen molar-refractivity contribution in [1.82, 2.24) is 5.43 Å². The summed E-state index contributed by atoms with van der Waals surface area (Å²) in [7, 11) is 0. The van der Waals surface area contributed by atoms with Gasteiger partial charge in [0, 0.05) is 0 Å². The maximum atomic E-state index is 5.89. The van der Waals surface area contributed by atoms with E-state index in [9.17, 15) is 0 Å². The molecule has 0 aliphatic carbocycles. The lowest BCUT2D eigenvalue weighted by Gasteiger charge is -2.23. The summed E-state index contributed by atoms with van der Waals surface area (Å²) in [6.07, 6.45) is 3.64. The lowest BCUT2D eigenvalue weighted by molar-refractivity contribution is 0.0316. The molecule has 1 aliphatic rings. The Morgan fingerprint density at radius 2 is 2.11 bits per heavy atom. The molecule has 3 unspecified atom stereocenters. The van der Waals surface area contributed by atoms with Crippen LogP contribution < -0.4 is 16.0 Å². The molecule has 1 aromatic rings. The lowest BCUT2D eigenvalue weighted by Crippen LogP contribution is -2.36. The normalized spacial score (nSPS) is 24.4. The Balaban J connectivity index is 2.02. The van der Waals surface area contributed by atoms with E-state index in [1.807, 2.05) is 12.1 Å². The van der Waals surface area contributed by atoms with Gasteiger partial charge in [0.2, 0.25) is 0 Å². The van der Waals surface area contributed by atoms with E-state index in [4.69, 9.17) is 15.3 Å². The fourth-order valence-corrected chi connectivity index (χ4v) is 2.49. The number of ether oxygens (including phenoxy) is 2. The Labute approximate surface area is 115 Å². The molecule has 0 amide bonds. The maximum Gasteiger partial charge on any atom is 0.119 e. The van der Waals surface area contributed by atoms with Gasteiger partial charge < -0.3 is 9.47 Å². The van der Waals surface area contributed by atoms with Crippen LogP contribution in [0.5, 0.6) is 5.75 Å². The quantitative estimate of drug-likeness (QED) is 0.612. The lowest BCUT2D eigenvalue weighted by atomic mass is 10.00. The minimum Gasteiger partial charge on any atom is -0.494 e. The number of hydrogen-bond acceptors (Lipinski definition) is 4. The van der Waals surface area contributed by atoms with Crippen molar-refractivity contribution in [3.63, 3.8) is 0 Å². The fourth-order valence-electron chi connectivity index (χ4n) is 2.49. The van der Waals surface area contributed by atoms with E-state index < -0.39 is 0 Å². The van der Waals surface area contributed by atoms with Gasteiger partial charge in [-0.2, -0.15) is 0 Å². The fraction of sp³-hybridized carbons (Fsp3) is 0.600. The smallest absolute Gasteiger partial charge is 0.119 e. The molecule has 0 spiro atoms. The summed E-state index contributed by atoms with van der Waals surface area (Å²) in [5.74, 6) is 6.59. The molecule has 1 saturated heterocycles. The summed E-state index contributed by atoms with van der Waals surface area (Å²) >= 11 is 0. The molecule has 106 valence electrons. The van der Waals surface area contributed by atoms with Gasteiger partial charge in [0.05, 0.1) is 24.9 Å². The van der Waals surface area contributed by atoms with Crippen molar-refractivity contribution in [1.29, 1.82) is 0 Å². The van der Waals surface area contributed by atoms with Crippen LogP contribution in [0.2, 0.25) is 0 Å². The Hall–Kier alpha value is -1.10. The average molecular weight is 264 g/mol. The van der Waals surface area contributed by atoms with Gasteiger partial charge in [-0.25, -0.2) is 0 Å². The molecular formula is C15H24N2O2.